The van der Waals surface area contributed by atoms with Crippen molar-refractivity contribution in [3.8, 4) is 0 Å². The molecule has 1 saturated heterocycles. The first-order chi connectivity index (χ1) is 3.43. The zero-order valence-electron chi connectivity index (χ0n) is 4.05. The molecule has 1 heterocycles. The van der Waals surface area contributed by atoms with Crippen LogP contribution in [-0.4, -0.2) is 18.3 Å². The van der Waals surface area contributed by atoms with E-state index < -0.39 is 0 Å². The van der Waals surface area contributed by atoms with E-state index in [0.29, 0.717) is 6.61 Å². The lowest BCUT2D eigenvalue weighted by Gasteiger charge is -1.82. The lowest BCUT2D eigenvalue weighted by molar-refractivity contribution is 0.204. The van der Waals surface area contributed by atoms with Crippen LogP contribution in [0.1, 0.15) is 6.42 Å². The Balaban J connectivity index is 2.41. The Labute approximate surface area is 42.4 Å². The lowest BCUT2D eigenvalue weighted by Crippen LogP contribution is -1.78. The molecule has 0 spiro atoms. The van der Waals surface area contributed by atoms with Gasteiger partial charge in [-0.1, -0.05) is 0 Å². The zero-order valence-corrected chi connectivity index (χ0v) is 4.05. The van der Waals surface area contributed by atoms with Crippen molar-refractivity contribution in [2.45, 2.75) is 6.42 Å². The second-order valence-corrected chi connectivity index (χ2v) is 1.59. The van der Waals surface area contributed by atoms with Crippen LogP contribution >= 0.6 is 0 Å². The molecule has 0 aromatic rings. The highest BCUT2D eigenvalue weighted by Gasteiger charge is 2.04. The first kappa shape index (κ1) is 4.65. The quantitative estimate of drug-likeness (QED) is 0.457. The fourth-order valence-electron chi connectivity index (χ4n) is 0.581. The van der Waals surface area contributed by atoms with Crippen LogP contribution in [0.2, 0.25) is 0 Å². The summed E-state index contributed by atoms with van der Waals surface area (Å²) in [6, 6.07) is 0. The van der Waals surface area contributed by atoms with Crippen LogP contribution in [0.4, 0.5) is 0 Å². The van der Waals surface area contributed by atoms with Crippen molar-refractivity contribution in [3.05, 3.63) is 11.8 Å². The minimum absolute atomic E-state index is 0.622. The number of hydrogen-bond donors (Lipinski definition) is 1. The fraction of sp³-hybridized carbons (Fsp3) is 0.600. The molecule has 2 nitrogen and oxygen atoms in total. The maximum Gasteiger partial charge on any atom is 0.0807 e. The van der Waals surface area contributed by atoms with Gasteiger partial charge in [0.05, 0.1) is 19.5 Å². The minimum atomic E-state index is 0.622. The third kappa shape index (κ3) is 0.933. The molecule has 1 aliphatic rings. The van der Waals surface area contributed by atoms with Gasteiger partial charge in [0.2, 0.25) is 0 Å². The van der Waals surface area contributed by atoms with Gasteiger partial charge in [0.1, 0.15) is 0 Å². The van der Waals surface area contributed by atoms with Crippen molar-refractivity contribution < 1.29 is 9.84 Å². The van der Waals surface area contributed by atoms with Crippen molar-refractivity contribution in [2.24, 2.45) is 0 Å². The average molecular weight is 100 g/mol. The van der Waals surface area contributed by atoms with E-state index in [9.17, 15) is 0 Å². The molecule has 7 heavy (non-hydrogen) atoms. The molecule has 0 bridgehead atoms. The molecule has 0 saturated carbocycles. The lowest BCUT2D eigenvalue weighted by atomic mass is 10.3. The first-order valence-corrected chi connectivity index (χ1v) is 2.33. The van der Waals surface area contributed by atoms with Gasteiger partial charge in [-0.2, -0.15) is 0 Å². The Hall–Kier alpha value is -0.500. The van der Waals surface area contributed by atoms with Crippen LogP contribution in [0.15, 0.2) is 11.8 Å². The molecule has 0 aromatic heterocycles. The maximum absolute atomic E-state index is 8.32. The van der Waals surface area contributed by atoms with Gasteiger partial charge in [-0.3, -0.25) is 0 Å². The van der Waals surface area contributed by atoms with E-state index in [1.54, 1.807) is 0 Å². The molecule has 1 fully saturated rings. The van der Waals surface area contributed by atoms with Crippen molar-refractivity contribution >= 4 is 0 Å². The highest BCUT2D eigenvalue weighted by Crippen LogP contribution is 2.08. The first-order valence-electron chi connectivity index (χ1n) is 2.33. The zero-order chi connectivity index (χ0) is 5.11. The summed E-state index contributed by atoms with van der Waals surface area (Å²) in [6.07, 6.45) is 2.03. The van der Waals surface area contributed by atoms with Gasteiger partial charge in [-0.15, -0.1) is 0 Å². The Kier molecular flexibility index (Phi) is 1.32. The third-order valence-electron chi connectivity index (χ3n) is 1.04. The van der Waals surface area contributed by atoms with Crippen LogP contribution in [0, 0.1) is 0 Å². The molecule has 0 aliphatic carbocycles. The van der Waals surface area contributed by atoms with E-state index in [1.807, 2.05) is 0 Å². The Morgan fingerprint density at radius 2 is 2.57 bits per heavy atom. The maximum atomic E-state index is 8.32. The molecule has 40 valence electrons. The summed E-state index contributed by atoms with van der Waals surface area (Å²) >= 11 is 0. The summed E-state index contributed by atoms with van der Waals surface area (Å²) < 4.78 is 4.92. The number of aliphatic hydroxyl groups excluding tert-OH is 1. The largest absolute Gasteiger partial charge is 0.516 e. The SMILES string of the molecule is OC=C1CCOC1. The molecular weight excluding hydrogens is 92.1 g/mol. The molecule has 2 heteroatoms. The van der Waals surface area contributed by atoms with Crippen LogP contribution in [0.5, 0.6) is 0 Å². The predicted octanol–water partition coefficient (Wildman–Crippen LogP) is 0.849. The summed E-state index contributed by atoms with van der Waals surface area (Å²) in [4.78, 5) is 0. The van der Waals surface area contributed by atoms with Gasteiger partial charge < -0.3 is 9.84 Å². The van der Waals surface area contributed by atoms with E-state index in [2.05, 4.69) is 0 Å². The highest BCUT2D eigenvalue weighted by atomic mass is 16.5. The Bertz CT molecular complexity index is 78.1. The van der Waals surface area contributed by atoms with Gasteiger partial charge in [-0.25, -0.2) is 0 Å². The smallest absolute Gasteiger partial charge is 0.0807 e. The number of rotatable bonds is 0. The molecule has 0 atom stereocenters. The summed E-state index contributed by atoms with van der Waals surface area (Å²) in [5.74, 6) is 0. The summed E-state index contributed by atoms with van der Waals surface area (Å²) in [5, 5.41) is 8.32. The van der Waals surface area contributed by atoms with E-state index in [0.717, 1.165) is 24.9 Å². The molecule has 0 unspecified atom stereocenters. The molecule has 1 rings (SSSR count). The average Bonchev–Trinajstić information content (AvgIpc) is 2.14. The van der Waals surface area contributed by atoms with Crippen LogP contribution in [-0.2, 0) is 4.74 Å². The van der Waals surface area contributed by atoms with E-state index >= 15 is 0 Å². The standard InChI is InChI=1S/C5H8O2/c6-3-5-1-2-7-4-5/h3,6H,1-2,4H2. The Morgan fingerprint density at radius 1 is 1.71 bits per heavy atom. The molecule has 0 aromatic carbocycles. The summed E-state index contributed by atoms with van der Waals surface area (Å²) in [7, 11) is 0. The minimum Gasteiger partial charge on any atom is -0.516 e. The summed E-state index contributed by atoms with van der Waals surface area (Å²) in [6.45, 7) is 1.39. The van der Waals surface area contributed by atoms with Crippen LogP contribution in [0.3, 0.4) is 0 Å². The molecule has 1 aliphatic heterocycles. The summed E-state index contributed by atoms with van der Waals surface area (Å²) in [5.41, 5.74) is 1.00. The van der Waals surface area contributed by atoms with E-state index in [1.165, 1.54) is 0 Å². The second-order valence-electron chi connectivity index (χ2n) is 1.59. The monoisotopic (exact) mass is 100 g/mol. The van der Waals surface area contributed by atoms with E-state index in [-0.39, 0.29) is 0 Å². The van der Waals surface area contributed by atoms with Crippen molar-refractivity contribution in [1.29, 1.82) is 0 Å². The van der Waals surface area contributed by atoms with E-state index in [4.69, 9.17) is 9.84 Å². The number of aliphatic hydroxyl groups is 1. The van der Waals surface area contributed by atoms with Crippen molar-refractivity contribution in [2.75, 3.05) is 13.2 Å². The van der Waals surface area contributed by atoms with Crippen molar-refractivity contribution in [1.82, 2.24) is 0 Å². The molecular formula is C5H8O2. The number of ether oxygens (including phenoxy) is 1. The van der Waals surface area contributed by atoms with Gasteiger partial charge >= 0.3 is 0 Å². The fourth-order valence-corrected chi connectivity index (χ4v) is 0.581. The molecule has 0 amide bonds. The number of hydrogen-bond acceptors (Lipinski definition) is 2. The molecule has 0 radical (unpaired) electrons. The normalized spacial score (nSPS) is 26.6. The topological polar surface area (TPSA) is 29.5 Å². The highest BCUT2D eigenvalue weighted by molar-refractivity contribution is 5.00. The third-order valence-corrected chi connectivity index (χ3v) is 1.04. The van der Waals surface area contributed by atoms with Gasteiger partial charge in [0.15, 0.2) is 0 Å². The molecule has 1 N–H and O–H groups in total. The van der Waals surface area contributed by atoms with Crippen molar-refractivity contribution in [3.63, 3.8) is 0 Å². The van der Waals surface area contributed by atoms with Gasteiger partial charge in [0, 0.05) is 0 Å². The van der Waals surface area contributed by atoms with Gasteiger partial charge in [0.25, 0.3) is 0 Å². The van der Waals surface area contributed by atoms with Crippen LogP contribution in [0.25, 0.3) is 0 Å². The Morgan fingerprint density at radius 3 is 2.86 bits per heavy atom. The predicted molar refractivity (Wildman–Crippen MR) is 26.1 cm³/mol. The van der Waals surface area contributed by atoms with Crippen LogP contribution < -0.4 is 0 Å². The second kappa shape index (κ2) is 1.98. The van der Waals surface area contributed by atoms with Gasteiger partial charge in [-0.05, 0) is 12.0 Å².